The van der Waals surface area contributed by atoms with E-state index in [0.29, 0.717) is 37.9 Å². The van der Waals surface area contributed by atoms with Crippen LogP contribution in [0.1, 0.15) is 272 Å². The molecule has 0 amide bonds. The Balaban J connectivity index is 4.51. The number of ether oxygens (including phenoxy) is 2. The van der Waals surface area contributed by atoms with E-state index in [1.165, 1.54) is 193 Å². The van der Waals surface area contributed by atoms with Crippen molar-refractivity contribution in [1.29, 1.82) is 0 Å². The van der Waals surface area contributed by atoms with Gasteiger partial charge in [-0.2, -0.15) is 0 Å². The molecular weight excluding hydrogens is 769 g/mol. The summed E-state index contributed by atoms with van der Waals surface area (Å²) in [4.78, 5) is 30.5. The van der Waals surface area contributed by atoms with E-state index >= 15 is 0 Å². The molecule has 7 nitrogen and oxygen atoms in total. The molecule has 0 heterocycles. The molecule has 0 radical (unpaired) electrons. The molecular formula is C55H110N2O5. The first-order valence-electron chi connectivity index (χ1n) is 27.8. The fourth-order valence-electron chi connectivity index (χ4n) is 8.94. The van der Waals surface area contributed by atoms with Crippen molar-refractivity contribution in [3.05, 3.63) is 0 Å². The van der Waals surface area contributed by atoms with Crippen LogP contribution in [-0.4, -0.2) is 85.9 Å². The predicted molar refractivity (Wildman–Crippen MR) is 268 cm³/mol. The smallest absolute Gasteiger partial charge is 0.305 e. The number of esters is 2. The zero-order chi connectivity index (χ0) is 45.4. The van der Waals surface area contributed by atoms with Gasteiger partial charge < -0.3 is 24.4 Å². The van der Waals surface area contributed by atoms with Crippen molar-refractivity contribution in [2.75, 3.05) is 59.1 Å². The second-order valence-electron chi connectivity index (χ2n) is 19.3. The Hall–Kier alpha value is -1.18. The van der Waals surface area contributed by atoms with E-state index in [1.54, 1.807) is 0 Å². The van der Waals surface area contributed by atoms with E-state index in [4.69, 9.17) is 9.47 Å². The maximum atomic E-state index is 12.7. The number of hydrogen-bond acceptors (Lipinski definition) is 7. The number of likely N-dealkylation sites (N-methyl/N-ethyl adjacent to an activating group) is 1. The van der Waals surface area contributed by atoms with Gasteiger partial charge in [-0.3, -0.25) is 9.59 Å². The van der Waals surface area contributed by atoms with Gasteiger partial charge in [0.05, 0.1) is 13.2 Å². The fourth-order valence-corrected chi connectivity index (χ4v) is 8.94. The van der Waals surface area contributed by atoms with Crippen LogP contribution in [0.5, 0.6) is 0 Å². The van der Waals surface area contributed by atoms with Crippen molar-refractivity contribution >= 4 is 11.9 Å². The number of carbonyl (C=O) groups excluding carboxylic acids is 2. The molecule has 0 saturated heterocycles. The Morgan fingerprint density at radius 3 is 1.05 bits per heavy atom. The summed E-state index contributed by atoms with van der Waals surface area (Å²) in [5.74, 6) is 1.09. The maximum Gasteiger partial charge on any atom is 0.305 e. The van der Waals surface area contributed by atoms with Gasteiger partial charge in [-0.05, 0) is 89.3 Å². The van der Waals surface area contributed by atoms with E-state index in [0.717, 1.165) is 71.4 Å². The van der Waals surface area contributed by atoms with Gasteiger partial charge >= 0.3 is 11.9 Å². The number of carbonyl (C=O) groups is 2. The van der Waals surface area contributed by atoms with Gasteiger partial charge in [0.25, 0.3) is 0 Å². The SMILES string of the molecule is CCCCCCCCC(CCCCCC)COC(=O)CCCCCCCN(CCCCCCCC(=O)OCC(CCCCCC)CCCCCCCC)CCN(CC)CCCO. The van der Waals surface area contributed by atoms with Gasteiger partial charge in [0.15, 0.2) is 0 Å². The van der Waals surface area contributed by atoms with Gasteiger partial charge in [-0.15, -0.1) is 0 Å². The Kier molecular flexibility index (Phi) is 48.3. The van der Waals surface area contributed by atoms with Crippen LogP contribution in [-0.2, 0) is 19.1 Å². The van der Waals surface area contributed by atoms with Crippen LogP contribution >= 0.6 is 0 Å². The van der Waals surface area contributed by atoms with E-state index in [1.807, 2.05) is 0 Å². The highest BCUT2D eigenvalue weighted by atomic mass is 16.5. The maximum absolute atomic E-state index is 12.7. The monoisotopic (exact) mass is 879 g/mol. The van der Waals surface area contributed by atoms with Crippen molar-refractivity contribution in [3.8, 4) is 0 Å². The Bertz CT molecular complexity index is 856. The summed E-state index contributed by atoms with van der Waals surface area (Å²) in [6.07, 6.45) is 44.2. The van der Waals surface area contributed by atoms with Gasteiger partial charge in [-0.1, -0.05) is 202 Å². The van der Waals surface area contributed by atoms with Crippen LogP contribution in [0.25, 0.3) is 0 Å². The molecule has 7 heteroatoms. The highest BCUT2D eigenvalue weighted by Gasteiger charge is 2.15. The highest BCUT2D eigenvalue weighted by molar-refractivity contribution is 5.69. The minimum absolute atomic E-state index is 0.00927. The first-order valence-corrected chi connectivity index (χ1v) is 27.8. The van der Waals surface area contributed by atoms with E-state index < -0.39 is 0 Å². The molecule has 0 aliphatic rings. The lowest BCUT2D eigenvalue weighted by Crippen LogP contribution is -2.37. The molecule has 1 N–H and O–H groups in total. The summed E-state index contributed by atoms with van der Waals surface area (Å²) in [5, 5.41) is 9.37. The third-order valence-corrected chi connectivity index (χ3v) is 13.3. The molecule has 370 valence electrons. The van der Waals surface area contributed by atoms with Crippen molar-refractivity contribution < 1.29 is 24.2 Å². The zero-order valence-electron chi connectivity index (χ0n) is 42.7. The molecule has 0 fully saturated rings. The molecule has 0 aliphatic carbocycles. The average molecular weight is 879 g/mol. The standard InChI is InChI=1S/C55H110N2O5/c1-6-11-15-19-23-31-40-52(38-29-17-13-8-3)50-61-54(59)42-33-25-21-27-35-44-57(48-47-56(10-5)46-37-49-58)45-36-28-22-26-34-43-55(60)62-51-53(39-30-18-14-9-4)41-32-24-20-16-12-7-2/h52-53,58H,6-51H2,1-5H3. The lowest BCUT2D eigenvalue weighted by atomic mass is 9.95. The summed E-state index contributed by atoms with van der Waals surface area (Å²) in [5.41, 5.74) is 0. The van der Waals surface area contributed by atoms with Gasteiger partial charge in [0.2, 0.25) is 0 Å². The number of aliphatic hydroxyl groups excluding tert-OH is 1. The molecule has 2 unspecified atom stereocenters. The summed E-state index contributed by atoms with van der Waals surface area (Å²) in [6, 6.07) is 0. The molecule has 0 aromatic rings. The number of unbranched alkanes of at least 4 members (excludes halogenated alkanes) is 24. The van der Waals surface area contributed by atoms with Crippen LogP contribution < -0.4 is 0 Å². The van der Waals surface area contributed by atoms with Crippen LogP contribution in [0.3, 0.4) is 0 Å². The average Bonchev–Trinajstić information content (AvgIpc) is 3.28. The van der Waals surface area contributed by atoms with Crippen molar-refractivity contribution in [1.82, 2.24) is 9.80 Å². The van der Waals surface area contributed by atoms with Gasteiger partial charge in [0, 0.05) is 39.1 Å². The topological polar surface area (TPSA) is 79.3 Å². The minimum atomic E-state index is 0.00927. The summed E-state index contributed by atoms with van der Waals surface area (Å²) < 4.78 is 11.7. The van der Waals surface area contributed by atoms with E-state index in [-0.39, 0.29) is 18.5 Å². The second-order valence-corrected chi connectivity index (χ2v) is 19.3. The lowest BCUT2D eigenvalue weighted by molar-refractivity contribution is -0.146. The molecule has 0 saturated carbocycles. The van der Waals surface area contributed by atoms with Crippen molar-refractivity contribution in [3.63, 3.8) is 0 Å². The Morgan fingerprint density at radius 1 is 0.371 bits per heavy atom. The summed E-state index contributed by atoms with van der Waals surface area (Å²) >= 11 is 0. The zero-order valence-corrected chi connectivity index (χ0v) is 42.7. The summed E-state index contributed by atoms with van der Waals surface area (Å²) in [7, 11) is 0. The Morgan fingerprint density at radius 2 is 0.677 bits per heavy atom. The number of rotatable bonds is 51. The lowest BCUT2D eigenvalue weighted by Gasteiger charge is -2.27. The molecule has 0 spiro atoms. The van der Waals surface area contributed by atoms with E-state index in [9.17, 15) is 14.7 Å². The predicted octanol–water partition coefficient (Wildman–Crippen LogP) is 15.4. The summed E-state index contributed by atoms with van der Waals surface area (Å²) in [6.45, 7) is 19.2. The quantitative estimate of drug-likeness (QED) is 0.0482. The first-order chi connectivity index (χ1) is 30.4. The molecule has 0 aliphatic heterocycles. The Labute approximate surface area is 387 Å². The minimum Gasteiger partial charge on any atom is -0.465 e. The molecule has 0 aromatic heterocycles. The third kappa shape index (κ3) is 42.8. The molecule has 2 atom stereocenters. The van der Waals surface area contributed by atoms with Crippen molar-refractivity contribution in [2.24, 2.45) is 11.8 Å². The fraction of sp³-hybridized carbons (Fsp3) is 0.964. The highest BCUT2D eigenvalue weighted by Crippen LogP contribution is 2.22. The third-order valence-electron chi connectivity index (χ3n) is 13.3. The van der Waals surface area contributed by atoms with Gasteiger partial charge in [0.1, 0.15) is 0 Å². The molecule has 0 aromatic carbocycles. The van der Waals surface area contributed by atoms with E-state index in [2.05, 4.69) is 44.4 Å². The van der Waals surface area contributed by atoms with Crippen LogP contribution in [0, 0.1) is 11.8 Å². The number of hydrogen-bond donors (Lipinski definition) is 1. The van der Waals surface area contributed by atoms with Crippen LogP contribution in [0.2, 0.25) is 0 Å². The first kappa shape index (κ1) is 60.8. The number of aliphatic hydroxyl groups is 1. The number of nitrogens with zero attached hydrogens (tertiary/aromatic N) is 2. The van der Waals surface area contributed by atoms with Gasteiger partial charge in [-0.25, -0.2) is 0 Å². The van der Waals surface area contributed by atoms with Crippen LogP contribution in [0.15, 0.2) is 0 Å². The normalized spacial score (nSPS) is 12.7. The molecule has 0 rings (SSSR count). The van der Waals surface area contributed by atoms with Crippen LogP contribution in [0.4, 0.5) is 0 Å². The molecule has 0 bridgehead atoms. The molecule has 62 heavy (non-hydrogen) atoms. The second kappa shape index (κ2) is 49.3. The van der Waals surface area contributed by atoms with Crippen molar-refractivity contribution in [2.45, 2.75) is 272 Å². The largest absolute Gasteiger partial charge is 0.465 e.